The number of likely N-dealkylation sites (tertiary alicyclic amines) is 1. The Balaban J connectivity index is 1.32. The summed E-state index contributed by atoms with van der Waals surface area (Å²) in [4.78, 5) is 34.8. The van der Waals surface area contributed by atoms with Crippen LogP contribution in [0.5, 0.6) is 5.75 Å². The first-order chi connectivity index (χ1) is 18.4. The fourth-order valence-electron chi connectivity index (χ4n) is 5.93. The second kappa shape index (κ2) is 11.0. The van der Waals surface area contributed by atoms with Crippen molar-refractivity contribution in [2.24, 2.45) is 5.41 Å². The van der Waals surface area contributed by atoms with Gasteiger partial charge in [0.05, 0.1) is 0 Å². The normalized spacial score (nSPS) is 20.3. The van der Waals surface area contributed by atoms with Gasteiger partial charge < -0.3 is 19.1 Å². The maximum Gasteiger partial charge on any atom is 0.263 e. The Kier molecular flexibility index (Phi) is 7.49. The molecule has 2 aliphatic heterocycles. The van der Waals surface area contributed by atoms with Crippen LogP contribution in [-0.4, -0.2) is 64.5 Å². The van der Waals surface area contributed by atoms with Crippen LogP contribution >= 0.6 is 0 Å². The predicted octanol–water partition coefficient (Wildman–Crippen LogP) is 4.92. The zero-order chi connectivity index (χ0) is 26.7. The highest BCUT2D eigenvalue weighted by molar-refractivity contribution is 6.00. The van der Waals surface area contributed by atoms with E-state index in [2.05, 4.69) is 16.2 Å². The molecule has 8 heteroatoms. The van der Waals surface area contributed by atoms with Gasteiger partial charge in [-0.15, -0.1) is 0 Å². The third-order valence-electron chi connectivity index (χ3n) is 8.10. The Morgan fingerprint density at radius 1 is 1.08 bits per heavy atom. The Hall–Kier alpha value is -3.68. The summed E-state index contributed by atoms with van der Waals surface area (Å²) in [5.41, 5.74) is 2.92. The smallest absolute Gasteiger partial charge is 0.263 e. The molecule has 2 aliphatic rings. The molecule has 38 heavy (non-hydrogen) atoms. The first kappa shape index (κ1) is 25.9. The third-order valence-corrected chi connectivity index (χ3v) is 8.10. The number of rotatable bonds is 2. The van der Waals surface area contributed by atoms with Crippen molar-refractivity contribution in [2.75, 3.05) is 26.7 Å². The van der Waals surface area contributed by atoms with Crippen LogP contribution in [0.2, 0.25) is 0 Å². The standard InChI is InChI=1S/C30H36N4O4/c1-21-26(27(32-38-21)24-11-8-16-31-19-24)29(36)34-17-14-30(15-18-34)13-7-6-10-23-9-4-5-12-25(23)37-22(2)28(35)33(3)20-30/h4-5,8-9,11-12,16,19,22H,6-7,10,13-15,17-18,20H2,1-3H3/t22-/m1/s1. The van der Waals surface area contributed by atoms with Crippen molar-refractivity contribution < 1.29 is 18.8 Å². The lowest BCUT2D eigenvalue weighted by atomic mass is 9.73. The summed E-state index contributed by atoms with van der Waals surface area (Å²) in [5, 5.41) is 4.17. The average Bonchev–Trinajstić information content (AvgIpc) is 3.32. The molecule has 0 N–H and O–H groups in total. The van der Waals surface area contributed by atoms with E-state index in [0.29, 0.717) is 36.7 Å². The zero-order valence-corrected chi connectivity index (χ0v) is 22.5. The second-order valence-electron chi connectivity index (χ2n) is 10.8. The molecule has 1 saturated heterocycles. The molecule has 0 aliphatic carbocycles. The summed E-state index contributed by atoms with van der Waals surface area (Å²) in [6.45, 7) is 5.53. The van der Waals surface area contributed by atoms with Crippen molar-refractivity contribution in [3.05, 3.63) is 65.7 Å². The van der Waals surface area contributed by atoms with Crippen LogP contribution in [0.15, 0.2) is 53.3 Å². The van der Waals surface area contributed by atoms with Crippen molar-refractivity contribution >= 4 is 11.8 Å². The number of piperidine rings is 1. The molecule has 2 amide bonds. The van der Waals surface area contributed by atoms with E-state index in [1.54, 1.807) is 19.3 Å². The van der Waals surface area contributed by atoms with E-state index in [1.807, 2.05) is 54.1 Å². The minimum Gasteiger partial charge on any atom is -0.481 e. The maximum atomic E-state index is 13.7. The van der Waals surface area contributed by atoms with Crippen molar-refractivity contribution in [3.8, 4) is 17.0 Å². The minimum atomic E-state index is -0.554. The topological polar surface area (TPSA) is 88.8 Å². The number of hydrogen-bond acceptors (Lipinski definition) is 6. The predicted molar refractivity (Wildman–Crippen MR) is 144 cm³/mol. The lowest BCUT2D eigenvalue weighted by Gasteiger charge is -2.44. The Morgan fingerprint density at radius 2 is 1.87 bits per heavy atom. The van der Waals surface area contributed by atoms with Gasteiger partial charge in [-0.1, -0.05) is 29.8 Å². The second-order valence-corrected chi connectivity index (χ2v) is 10.8. The number of hydrogen-bond donors (Lipinski definition) is 0. The molecule has 200 valence electrons. The van der Waals surface area contributed by atoms with Crippen molar-refractivity contribution in [1.82, 2.24) is 19.9 Å². The Bertz CT molecular complexity index is 1280. The van der Waals surface area contributed by atoms with Crippen LogP contribution in [0.25, 0.3) is 11.3 Å². The van der Waals surface area contributed by atoms with Crippen LogP contribution in [0, 0.1) is 12.3 Å². The van der Waals surface area contributed by atoms with E-state index in [1.165, 1.54) is 0 Å². The summed E-state index contributed by atoms with van der Waals surface area (Å²) in [7, 11) is 1.87. The summed E-state index contributed by atoms with van der Waals surface area (Å²) in [5.74, 6) is 1.24. The monoisotopic (exact) mass is 516 g/mol. The van der Waals surface area contributed by atoms with Gasteiger partial charge in [0.2, 0.25) is 0 Å². The fraction of sp³-hybridized carbons (Fsp3) is 0.467. The molecule has 0 unspecified atom stereocenters. The van der Waals surface area contributed by atoms with E-state index in [9.17, 15) is 9.59 Å². The summed E-state index contributed by atoms with van der Waals surface area (Å²) >= 11 is 0. The zero-order valence-electron chi connectivity index (χ0n) is 22.5. The van der Waals surface area contributed by atoms with Crippen LogP contribution < -0.4 is 4.74 Å². The van der Waals surface area contributed by atoms with E-state index in [4.69, 9.17) is 9.26 Å². The van der Waals surface area contributed by atoms with Gasteiger partial charge in [-0.05, 0) is 75.1 Å². The quantitative estimate of drug-likeness (QED) is 0.480. The van der Waals surface area contributed by atoms with Gasteiger partial charge in [0, 0.05) is 44.6 Å². The van der Waals surface area contributed by atoms with Crippen LogP contribution in [0.1, 0.15) is 60.7 Å². The molecule has 1 atom stereocenters. The number of aromatic nitrogens is 2. The van der Waals surface area contributed by atoms with Crippen molar-refractivity contribution in [2.45, 2.75) is 58.5 Å². The number of carbonyl (C=O) groups excluding carboxylic acids is 2. The Labute approximate surface area is 224 Å². The summed E-state index contributed by atoms with van der Waals surface area (Å²) in [6.07, 6.45) is 8.60. The van der Waals surface area contributed by atoms with Crippen LogP contribution in [0.4, 0.5) is 0 Å². The van der Waals surface area contributed by atoms with Crippen LogP contribution in [-0.2, 0) is 11.2 Å². The number of benzene rings is 1. The fourth-order valence-corrected chi connectivity index (χ4v) is 5.93. The number of carbonyl (C=O) groups is 2. The van der Waals surface area contributed by atoms with Gasteiger partial charge in [0.25, 0.3) is 11.8 Å². The molecule has 0 saturated carbocycles. The molecule has 5 rings (SSSR count). The average molecular weight is 517 g/mol. The van der Waals surface area contributed by atoms with E-state index >= 15 is 0 Å². The van der Waals surface area contributed by atoms with Gasteiger partial charge in [0.1, 0.15) is 22.8 Å². The highest BCUT2D eigenvalue weighted by Gasteiger charge is 2.39. The molecule has 0 bridgehead atoms. The van der Waals surface area contributed by atoms with Gasteiger partial charge in [-0.3, -0.25) is 14.6 Å². The van der Waals surface area contributed by atoms with Crippen molar-refractivity contribution in [1.29, 1.82) is 0 Å². The molecular formula is C30H36N4O4. The highest BCUT2D eigenvalue weighted by atomic mass is 16.5. The molecule has 2 aromatic heterocycles. The molecule has 1 spiro atoms. The first-order valence-corrected chi connectivity index (χ1v) is 13.5. The number of fused-ring (bicyclic) bond motifs is 1. The maximum absolute atomic E-state index is 13.7. The molecule has 0 radical (unpaired) electrons. The van der Waals surface area contributed by atoms with Gasteiger partial charge in [-0.2, -0.15) is 0 Å². The largest absolute Gasteiger partial charge is 0.481 e. The molecule has 8 nitrogen and oxygen atoms in total. The number of aryl methyl sites for hydroxylation is 2. The molecule has 4 heterocycles. The van der Waals surface area contributed by atoms with E-state index in [0.717, 1.165) is 55.4 Å². The molecule has 1 fully saturated rings. The number of nitrogens with zero attached hydrogens (tertiary/aromatic N) is 4. The van der Waals surface area contributed by atoms with Gasteiger partial charge >= 0.3 is 0 Å². The number of pyridine rings is 1. The van der Waals surface area contributed by atoms with Crippen LogP contribution in [0.3, 0.4) is 0 Å². The SMILES string of the molecule is Cc1onc(-c2cccnc2)c1C(=O)N1CCC2(CCCCc3ccccc3O[C@H](C)C(=O)N(C)C2)CC1. The summed E-state index contributed by atoms with van der Waals surface area (Å²) in [6, 6.07) is 11.7. The lowest BCUT2D eigenvalue weighted by molar-refractivity contribution is -0.138. The van der Waals surface area contributed by atoms with Crippen molar-refractivity contribution in [3.63, 3.8) is 0 Å². The molecule has 3 aromatic rings. The molecule has 1 aromatic carbocycles. The van der Waals surface area contributed by atoms with E-state index < -0.39 is 6.10 Å². The first-order valence-electron chi connectivity index (χ1n) is 13.5. The molecular weight excluding hydrogens is 480 g/mol. The number of amides is 2. The lowest BCUT2D eigenvalue weighted by Crippen LogP contribution is -2.50. The van der Waals surface area contributed by atoms with Gasteiger partial charge in [0.15, 0.2) is 6.10 Å². The third kappa shape index (κ3) is 5.30. The Morgan fingerprint density at radius 3 is 2.63 bits per heavy atom. The number of ether oxygens (including phenoxy) is 1. The van der Waals surface area contributed by atoms with E-state index in [-0.39, 0.29) is 17.2 Å². The minimum absolute atomic E-state index is 0.0144. The van der Waals surface area contributed by atoms with Gasteiger partial charge in [-0.25, -0.2) is 0 Å². The number of para-hydroxylation sites is 1. The summed E-state index contributed by atoms with van der Waals surface area (Å²) < 4.78 is 11.5. The highest BCUT2D eigenvalue weighted by Crippen LogP contribution is 2.39. The number of likely N-dealkylation sites (N-methyl/N-ethyl adjacent to an activating group) is 1.